The largest absolute Gasteiger partial charge is 0.334 e. The Morgan fingerprint density at radius 3 is 2.42 bits per heavy atom. The Hall–Kier alpha value is -3.69. The number of benzene rings is 3. The summed E-state index contributed by atoms with van der Waals surface area (Å²) in [4.78, 5) is 30.7. The summed E-state index contributed by atoms with van der Waals surface area (Å²) in [6.45, 7) is 6.75. The highest BCUT2D eigenvalue weighted by atomic mass is 32.2. The fourth-order valence-electron chi connectivity index (χ4n) is 4.64. The second kappa shape index (κ2) is 13.1. The fourth-order valence-corrected chi connectivity index (χ4v) is 5.96. The molecule has 0 aliphatic rings. The van der Waals surface area contributed by atoms with Crippen LogP contribution in [0.15, 0.2) is 64.9 Å². The molecule has 1 aromatic heterocycles. The Labute approximate surface area is 240 Å². The van der Waals surface area contributed by atoms with Gasteiger partial charge in [0.05, 0.1) is 21.4 Å². The number of carbonyl (C=O) groups is 2. The Kier molecular flexibility index (Phi) is 9.60. The van der Waals surface area contributed by atoms with E-state index in [9.17, 15) is 13.8 Å². The van der Waals surface area contributed by atoms with Crippen molar-refractivity contribution in [3.63, 3.8) is 0 Å². The van der Waals surface area contributed by atoms with Crippen LogP contribution in [0.2, 0.25) is 0 Å². The van der Waals surface area contributed by atoms with Gasteiger partial charge >= 0.3 is 0 Å². The molecule has 1 unspecified atom stereocenters. The highest BCUT2D eigenvalue weighted by molar-refractivity contribution is 7.84. The molecule has 0 saturated carbocycles. The highest BCUT2D eigenvalue weighted by Crippen LogP contribution is 2.29. The van der Waals surface area contributed by atoms with Crippen molar-refractivity contribution < 1.29 is 18.2 Å². The van der Waals surface area contributed by atoms with Gasteiger partial charge in [0.25, 0.3) is 5.91 Å². The SMILES string of the molecule is CCCN(Cc1cc(-c2ccc(-c3csc(NC=O)n3)cc2)ccc1C)C(=O)c1ccc(S(C)=O)c(F)c1CC. The molecule has 3 aromatic carbocycles. The van der Waals surface area contributed by atoms with E-state index in [1.54, 1.807) is 17.9 Å². The Bertz CT molecular complexity index is 1550. The van der Waals surface area contributed by atoms with E-state index in [1.165, 1.54) is 23.7 Å². The topological polar surface area (TPSA) is 79.4 Å². The summed E-state index contributed by atoms with van der Waals surface area (Å²) in [5.41, 5.74) is 6.48. The van der Waals surface area contributed by atoms with Gasteiger partial charge in [0.15, 0.2) is 5.13 Å². The van der Waals surface area contributed by atoms with Crippen LogP contribution >= 0.6 is 11.3 Å². The first-order chi connectivity index (χ1) is 19.3. The predicted octanol–water partition coefficient (Wildman–Crippen LogP) is 6.85. The van der Waals surface area contributed by atoms with E-state index in [0.29, 0.717) is 42.2 Å². The molecule has 1 heterocycles. The number of carbonyl (C=O) groups excluding carboxylic acids is 2. The zero-order chi connectivity index (χ0) is 28.8. The minimum absolute atomic E-state index is 0.123. The van der Waals surface area contributed by atoms with Crippen molar-refractivity contribution in [2.75, 3.05) is 18.1 Å². The minimum atomic E-state index is -1.47. The molecule has 0 bridgehead atoms. The molecule has 40 heavy (non-hydrogen) atoms. The number of rotatable bonds is 11. The van der Waals surface area contributed by atoms with Crippen LogP contribution in [0.3, 0.4) is 0 Å². The monoisotopic (exact) mass is 577 g/mol. The standard InChI is InChI=1S/C31H32FN3O3S2/c1-5-15-35(30(37)26-13-14-28(40(4)38)29(32)25(26)6-2)17-24-16-23(8-7-20(24)3)21-9-11-22(12-10-21)27-18-39-31(34-27)33-19-36/h7-14,16,18-19H,5-6,15,17H2,1-4H3,(H,33,34,36). The molecule has 2 amide bonds. The van der Waals surface area contributed by atoms with Gasteiger partial charge in [-0.3, -0.25) is 13.8 Å². The molecule has 208 valence electrons. The van der Waals surface area contributed by atoms with Gasteiger partial charge in [-0.25, -0.2) is 9.37 Å². The molecule has 0 fully saturated rings. The maximum absolute atomic E-state index is 15.1. The number of aromatic nitrogens is 1. The zero-order valence-corrected chi connectivity index (χ0v) is 24.6. The maximum Gasteiger partial charge on any atom is 0.254 e. The fraction of sp³-hybridized carbons (Fsp3) is 0.258. The molecule has 4 rings (SSSR count). The van der Waals surface area contributed by atoms with Crippen LogP contribution in [0.4, 0.5) is 9.52 Å². The number of halogens is 1. The lowest BCUT2D eigenvalue weighted by molar-refractivity contribution is -0.105. The van der Waals surface area contributed by atoms with E-state index in [4.69, 9.17) is 0 Å². The Morgan fingerprint density at radius 1 is 1.07 bits per heavy atom. The number of hydrogen-bond donors (Lipinski definition) is 1. The molecule has 4 aromatic rings. The molecular weight excluding hydrogens is 545 g/mol. The van der Waals surface area contributed by atoms with Gasteiger partial charge in [0.2, 0.25) is 6.41 Å². The van der Waals surface area contributed by atoms with Gasteiger partial charge in [-0.05, 0) is 60.2 Å². The van der Waals surface area contributed by atoms with E-state index in [-0.39, 0.29) is 10.8 Å². The summed E-state index contributed by atoms with van der Waals surface area (Å²) < 4.78 is 27.1. The van der Waals surface area contributed by atoms with E-state index in [1.807, 2.05) is 49.6 Å². The summed E-state index contributed by atoms with van der Waals surface area (Å²) >= 11 is 1.37. The number of amides is 2. The third-order valence-corrected chi connectivity index (χ3v) is 8.50. The number of aryl methyl sites for hydroxylation is 1. The van der Waals surface area contributed by atoms with E-state index in [0.717, 1.165) is 39.9 Å². The van der Waals surface area contributed by atoms with Crippen LogP contribution in [0.1, 0.15) is 47.3 Å². The second-order valence-corrected chi connectivity index (χ2v) is 11.7. The molecule has 0 radical (unpaired) electrons. The van der Waals surface area contributed by atoms with E-state index in [2.05, 4.69) is 22.4 Å². The molecular formula is C31H32FN3O3S2. The van der Waals surface area contributed by atoms with E-state index < -0.39 is 16.6 Å². The van der Waals surface area contributed by atoms with Gasteiger partial charge in [-0.1, -0.05) is 50.2 Å². The van der Waals surface area contributed by atoms with Crippen molar-refractivity contribution in [3.05, 3.63) is 88.0 Å². The van der Waals surface area contributed by atoms with Crippen LogP contribution in [0, 0.1) is 12.7 Å². The lowest BCUT2D eigenvalue weighted by Gasteiger charge is -2.25. The van der Waals surface area contributed by atoms with Crippen molar-refractivity contribution in [2.45, 2.75) is 45.1 Å². The van der Waals surface area contributed by atoms with Crippen molar-refractivity contribution >= 4 is 39.6 Å². The molecule has 0 aliphatic carbocycles. The normalized spacial score (nSPS) is 11.7. The minimum Gasteiger partial charge on any atom is -0.334 e. The van der Waals surface area contributed by atoms with Crippen LogP contribution in [0.5, 0.6) is 0 Å². The first-order valence-electron chi connectivity index (χ1n) is 13.1. The molecule has 0 spiro atoms. The zero-order valence-electron chi connectivity index (χ0n) is 23.0. The predicted molar refractivity (Wildman–Crippen MR) is 161 cm³/mol. The number of nitrogens with zero attached hydrogens (tertiary/aromatic N) is 2. The summed E-state index contributed by atoms with van der Waals surface area (Å²) in [5, 5.41) is 5.02. The molecule has 9 heteroatoms. The van der Waals surface area contributed by atoms with Gasteiger partial charge < -0.3 is 10.2 Å². The summed E-state index contributed by atoms with van der Waals surface area (Å²) in [5.74, 6) is -0.784. The first kappa shape index (κ1) is 29.3. The number of thiazole rings is 1. The second-order valence-electron chi connectivity index (χ2n) is 9.46. The molecule has 0 aliphatic heterocycles. The number of anilines is 1. The van der Waals surface area contributed by atoms with Crippen LogP contribution in [0.25, 0.3) is 22.4 Å². The third-order valence-electron chi connectivity index (χ3n) is 6.79. The number of nitrogens with one attached hydrogen (secondary N) is 1. The van der Waals surface area contributed by atoms with Crippen LogP contribution in [-0.2, 0) is 28.6 Å². The van der Waals surface area contributed by atoms with E-state index >= 15 is 4.39 Å². The number of hydrogen-bond acceptors (Lipinski definition) is 5. The average molecular weight is 578 g/mol. The van der Waals surface area contributed by atoms with Gasteiger partial charge in [-0.15, -0.1) is 11.3 Å². The van der Waals surface area contributed by atoms with Crippen molar-refractivity contribution in [1.82, 2.24) is 9.88 Å². The van der Waals surface area contributed by atoms with Crippen LogP contribution in [-0.4, -0.2) is 39.2 Å². The molecule has 1 N–H and O–H groups in total. The van der Waals surface area contributed by atoms with Gasteiger partial charge in [0.1, 0.15) is 5.82 Å². The first-order valence-corrected chi connectivity index (χ1v) is 15.5. The summed E-state index contributed by atoms with van der Waals surface area (Å²) in [6.07, 6.45) is 3.14. The summed E-state index contributed by atoms with van der Waals surface area (Å²) in [6, 6.07) is 17.3. The average Bonchev–Trinajstić information content (AvgIpc) is 3.42. The smallest absolute Gasteiger partial charge is 0.254 e. The quantitative estimate of drug-likeness (QED) is 0.198. The van der Waals surface area contributed by atoms with Crippen molar-refractivity contribution in [1.29, 1.82) is 0 Å². The third kappa shape index (κ3) is 6.37. The van der Waals surface area contributed by atoms with Crippen molar-refractivity contribution in [3.8, 4) is 22.4 Å². The lowest BCUT2D eigenvalue weighted by Crippen LogP contribution is -2.32. The Balaban J connectivity index is 1.60. The maximum atomic E-state index is 15.1. The molecule has 1 atom stereocenters. The van der Waals surface area contributed by atoms with Gasteiger partial charge in [0, 0.05) is 41.4 Å². The lowest BCUT2D eigenvalue weighted by atomic mass is 9.97. The molecule has 6 nitrogen and oxygen atoms in total. The highest BCUT2D eigenvalue weighted by Gasteiger charge is 2.23. The van der Waals surface area contributed by atoms with Gasteiger partial charge in [-0.2, -0.15) is 0 Å². The van der Waals surface area contributed by atoms with Crippen LogP contribution < -0.4 is 5.32 Å². The summed E-state index contributed by atoms with van der Waals surface area (Å²) in [7, 11) is -1.47. The Morgan fingerprint density at radius 2 is 1.77 bits per heavy atom. The van der Waals surface area contributed by atoms with Crippen molar-refractivity contribution in [2.24, 2.45) is 0 Å². The molecule has 0 saturated heterocycles.